The SMILES string of the molecule is CCO/C=N/S(=O)(=O)c1ccc(C)cc1. The molecule has 0 fully saturated rings. The molecule has 0 amide bonds. The summed E-state index contributed by atoms with van der Waals surface area (Å²) in [6, 6.07) is 6.49. The van der Waals surface area contributed by atoms with E-state index in [1.807, 2.05) is 6.92 Å². The molecule has 82 valence electrons. The van der Waals surface area contributed by atoms with E-state index in [0.29, 0.717) is 6.61 Å². The third-order valence-corrected chi connectivity index (χ3v) is 2.97. The average Bonchev–Trinajstić information content (AvgIpc) is 2.18. The number of hydrogen-bond donors (Lipinski definition) is 0. The van der Waals surface area contributed by atoms with Crippen molar-refractivity contribution in [1.82, 2.24) is 0 Å². The van der Waals surface area contributed by atoms with Gasteiger partial charge in [0.05, 0.1) is 11.5 Å². The van der Waals surface area contributed by atoms with E-state index in [4.69, 9.17) is 4.74 Å². The van der Waals surface area contributed by atoms with Crippen LogP contribution in [0.4, 0.5) is 0 Å². The Hall–Kier alpha value is -1.36. The van der Waals surface area contributed by atoms with Crippen LogP contribution >= 0.6 is 0 Å². The van der Waals surface area contributed by atoms with Crippen molar-refractivity contribution in [1.29, 1.82) is 0 Å². The van der Waals surface area contributed by atoms with E-state index in [0.717, 1.165) is 12.0 Å². The van der Waals surface area contributed by atoms with Crippen molar-refractivity contribution in [3.05, 3.63) is 29.8 Å². The van der Waals surface area contributed by atoms with Gasteiger partial charge < -0.3 is 4.74 Å². The zero-order chi connectivity index (χ0) is 11.3. The summed E-state index contributed by atoms with van der Waals surface area (Å²) >= 11 is 0. The van der Waals surface area contributed by atoms with Gasteiger partial charge in [-0.25, -0.2) is 0 Å². The zero-order valence-corrected chi connectivity index (χ0v) is 9.49. The van der Waals surface area contributed by atoms with Gasteiger partial charge in [-0.2, -0.15) is 8.42 Å². The van der Waals surface area contributed by atoms with Crippen LogP contribution in [0.5, 0.6) is 0 Å². The predicted molar refractivity (Wildman–Crippen MR) is 58.5 cm³/mol. The van der Waals surface area contributed by atoms with Crippen LogP contribution in [0.25, 0.3) is 0 Å². The number of rotatable bonds is 4. The van der Waals surface area contributed by atoms with Gasteiger partial charge in [-0.05, 0) is 26.0 Å². The van der Waals surface area contributed by atoms with Crippen molar-refractivity contribution < 1.29 is 13.2 Å². The molecule has 0 unspecified atom stereocenters. The van der Waals surface area contributed by atoms with E-state index in [9.17, 15) is 8.42 Å². The van der Waals surface area contributed by atoms with Crippen molar-refractivity contribution >= 4 is 16.4 Å². The molecule has 0 spiro atoms. The Bertz CT molecular complexity index is 434. The Morgan fingerprint density at radius 2 is 1.93 bits per heavy atom. The minimum Gasteiger partial charge on any atom is -0.483 e. The lowest BCUT2D eigenvalue weighted by Gasteiger charge is -1.98. The summed E-state index contributed by atoms with van der Waals surface area (Å²) in [4.78, 5) is 0.170. The van der Waals surface area contributed by atoms with Gasteiger partial charge in [0, 0.05) is 0 Å². The first-order chi connectivity index (χ1) is 7.06. The lowest BCUT2D eigenvalue weighted by Crippen LogP contribution is -1.98. The fraction of sp³-hybridized carbons (Fsp3) is 0.300. The molecule has 0 saturated heterocycles. The highest BCUT2D eigenvalue weighted by molar-refractivity contribution is 7.90. The normalized spacial score (nSPS) is 11.9. The topological polar surface area (TPSA) is 55.7 Å². The minimum atomic E-state index is -3.60. The standard InChI is InChI=1S/C10H13NO3S/c1-3-14-8-11-15(12,13)10-6-4-9(2)5-7-10/h4-8H,3H2,1-2H3/b11-8+. The lowest BCUT2D eigenvalue weighted by atomic mass is 10.2. The van der Waals surface area contributed by atoms with Crippen LogP contribution in [0.15, 0.2) is 33.6 Å². The second-order valence-electron chi connectivity index (χ2n) is 2.95. The molecule has 1 aromatic rings. The van der Waals surface area contributed by atoms with Gasteiger partial charge in [-0.15, -0.1) is 4.40 Å². The molecule has 0 aromatic heterocycles. The molecule has 4 nitrogen and oxygen atoms in total. The average molecular weight is 227 g/mol. The fourth-order valence-electron chi connectivity index (χ4n) is 0.933. The molecule has 0 radical (unpaired) electrons. The third-order valence-electron chi connectivity index (χ3n) is 1.74. The number of nitrogens with zero attached hydrogens (tertiary/aromatic N) is 1. The molecule has 0 bridgehead atoms. The third kappa shape index (κ3) is 3.36. The Morgan fingerprint density at radius 3 is 2.47 bits per heavy atom. The van der Waals surface area contributed by atoms with Crippen molar-refractivity contribution in [2.45, 2.75) is 18.7 Å². The molecule has 5 heteroatoms. The van der Waals surface area contributed by atoms with Crippen LogP contribution < -0.4 is 0 Å². The molecule has 1 rings (SSSR count). The number of hydrogen-bond acceptors (Lipinski definition) is 3. The van der Waals surface area contributed by atoms with Crippen LogP contribution in [0, 0.1) is 6.92 Å². The summed E-state index contributed by atoms with van der Waals surface area (Å²) in [6.07, 6.45) is 0.954. The van der Waals surface area contributed by atoms with Gasteiger partial charge in [-0.3, -0.25) is 0 Å². The number of ether oxygens (including phenoxy) is 1. The van der Waals surface area contributed by atoms with Crippen LogP contribution in [-0.2, 0) is 14.8 Å². The molecule has 1 aromatic carbocycles. The van der Waals surface area contributed by atoms with Crippen LogP contribution in [0.2, 0.25) is 0 Å². The maximum atomic E-state index is 11.5. The number of benzene rings is 1. The first kappa shape index (κ1) is 11.7. The summed E-state index contributed by atoms with van der Waals surface area (Å²) in [5.41, 5.74) is 1.00. The van der Waals surface area contributed by atoms with Crippen molar-refractivity contribution in [3.8, 4) is 0 Å². The Labute approximate surface area is 89.7 Å². The van der Waals surface area contributed by atoms with Gasteiger partial charge >= 0.3 is 0 Å². The molecule has 0 aliphatic heterocycles. The second kappa shape index (κ2) is 4.93. The maximum absolute atomic E-state index is 11.5. The number of sulfonamides is 1. The first-order valence-electron chi connectivity index (χ1n) is 4.53. The summed E-state index contributed by atoms with van der Waals surface area (Å²) < 4.78 is 31.2. The highest BCUT2D eigenvalue weighted by atomic mass is 32.2. The van der Waals surface area contributed by atoms with Gasteiger partial charge in [0.15, 0.2) is 6.40 Å². The molecule has 0 aliphatic rings. The molecule has 0 saturated carbocycles. The highest BCUT2D eigenvalue weighted by Gasteiger charge is 2.10. The Balaban J connectivity index is 2.91. The van der Waals surface area contributed by atoms with E-state index in [2.05, 4.69) is 4.40 Å². The van der Waals surface area contributed by atoms with E-state index < -0.39 is 10.0 Å². The van der Waals surface area contributed by atoms with Crippen LogP contribution in [0.3, 0.4) is 0 Å². The van der Waals surface area contributed by atoms with E-state index in [1.165, 1.54) is 12.1 Å². The molecule has 0 atom stereocenters. The quantitative estimate of drug-likeness (QED) is 0.581. The van der Waals surface area contributed by atoms with E-state index >= 15 is 0 Å². The Morgan fingerprint density at radius 1 is 1.33 bits per heavy atom. The molecular formula is C10H13NO3S. The minimum absolute atomic E-state index is 0.170. The van der Waals surface area contributed by atoms with Gasteiger partial charge in [0.1, 0.15) is 0 Å². The molecule has 0 heterocycles. The predicted octanol–water partition coefficient (Wildman–Crippen LogP) is 1.75. The van der Waals surface area contributed by atoms with Gasteiger partial charge in [0.25, 0.3) is 10.0 Å². The zero-order valence-electron chi connectivity index (χ0n) is 8.67. The fourth-order valence-corrected chi connectivity index (χ4v) is 1.71. The van der Waals surface area contributed by atoms with Crippen molar-refractivity contribution in [3.63, 3.8) is 0 Å². The van der Waals surface area contributed by atoms with E-state index in [1.54, 1.807) is 19.1 Å². The summed E-state index contributed by atoms with van der Waals surface area (Å²) in [5, 5.41) is 0. The first-order valence-corrected chi connectivity index (χ1v) is 5.97. The largest absolute Gasteiger partial charge is 0.483 e. The molecule has 15 heavy (non-hydrogen) atoms. The van der Waals surface area contributed by atoms with E-state index in [-0.39, 0.29) is 4.90 Å². The summed E-state index contributed by atoms with van der Waals surface area (Å²) in [5.74, 6) is 0. The van der Waals surface area contributed by atoms with Gasteiger partial charge in [0.2, 0.25) is 0 Å². The van der Waals surface area contributed by atoms with Crippen molar-refractivity contribution in [2.24, 2.45) is 4.40 Å². The second-order valence-corrected chi connectivity index (χ2v) is 4.59. The summed E-state index contributed by atoms with van der Waals surface area (Å²) in [6.45, 7) is 4.04. The van der Waals surface area contributed by atoms with Gasteiger partial charge in [-0.1, -0.05) is 17.7 Å². The lowest BCUT2D eigenvalue weighted by molar-refractivity contribution is 0.344. The molecule has 0 aliphatic carbocycles. The molecule has 0 N–H and O–H groups in total. The number of aryl methyl sites for hydroxylation is 1. The monoisotopic (exact) mass is 227 g/mol. The van der Waals surface area contributed by atoms with Crippen LogP contribution in [0.1, 0.15) is 12.5 Å². The summed E-state index contributed by atoms with van der Waals surface area (Å²) in [7, 11) is -3.60. The smallest absolute Gasteiger partial charge is 0.285 e. The van der Waals surface area contributed by atoms with Crippen LogP contribution in [-0.4, -0.2) is 21.4 Å². The Kier molecular flexibility index (Phi) is 3.85. The highest BCUT2D eigenvalue weighted by Crippen LogP contribution is 2.12. The molecular weight excluding hydrogens is 214 g/mol. The maximum Gasteiger partial charge on any atom is 0.285 e. The van der Waals surface area contributed by atoms with Crippen molar-refractivity contribution in [2.75, 3.05) is 6.61 Å².